The van der Waals surface area contributed by atoms with Crippen molar-refractivity contribution in [3.63, 3.8) is 0 Å². The van der Waals surface area contributed by atoms with E-state index in [9.17, 15) is 4.79 Å². The van der Waals surface area contributed by atoms with E-state index in [2.05, 4.69) is 23.7 Å². The van der Waals surface area contributed by atoms with Crippen molar-refractivity contribution in [1.29, 1.82) is 0 Å². The van der Waals surface area contributed by atoms with E-state index < -0.39 is 12.1 Å². The van der Waals surface area contributed by atoms with Crippen LogP contribution in [0.5, 0.6) is 0 Å². The van der Waals surface area contributed by atoms with E-state index in [4.69, 9.17) is 10.2 Å². The van der Waals surface area contributed by atoms with Crippen LogP contribution in [-0.2, 0) is 4.79 Å². The van der Waals surface area contributed by atoms with Crippen molar-refractivity contribution in [2.24, 2.45) is 17.8 Å². The van der Waals surface area contributed by atoms with Gasteiger partial charge in [-0.1, -0.05) is 30.3 Å². The quantitative estimate of drug-likeness (QED) is 0.794. The topological polar surface area (TPSA) is 60.8 Å². The molecule has 6 atom stereocenters. The lowest BCUT2D eigenvalue weighted by Gasteiger charge is -2.30. The Morgan fingerprint density at radius 2 is 2.00 bits per heavy atom. The molecule has 146 valence electrons. The van der Waals surface area contributed by atoms with Gasteiger partial charge in [0.15, 0.2) is 6.10 Å². The summed E-state index contributed by atoms with van der Waals surface area (Å²) in [5.41, 5.74) is 0.403. The monoisotopic (exact) mass is 369 g/mol. The Hall–Kier alpha value is -1.83. The number of fused-ring (bicyclic) bond motifs is 1. The molecule has 4 unspecified atom stereocenters. The normalized spacial score (nSPS) is 32.5. The van der Waals surface area contributed by atoms with Gasteiger partial charge in [-0.25, -0.2) is 4.79 Å². The fraction of sp³-hybridized carbons (Fsp3) is 0.609. The molecule has 27 heavy (non-hydrogen) atoms. The van der Waals surface area contributed by atoms with Crippen LogP contribution in [-0.4, -0.2) is 39.7 Å². The number of carboxylic acid groups (broad SMARTS) is 1. The van der Waals surface area contributed by atoms with E-state index in [1.54, 1.807) is 30.3 Å². The summed E-state index contributed by atoms with van der Waals surface area (Å²) in [6.45, 7) is 5.82. The molecular formula is C23H31NO3. The largest absolute Gasteiger partial charge is 0.479 e. The summed E-state index contributed by atoms with van der Waals surface area (Å²) in [6.07, 6.45) is 5.52. The second-order valence-corrected chi connectivity index (χ2v) is 8.21. The van der Waals surface area contributed by atoms with E-state index in [0.29, 0.717) is 5.56 Å². The molecule has 3 fully saturated rings. The molecule has 1 aromatic rings. The fourth-order valence-corrected chi connectivity index (χ4v) is 4.80. The van der Waals surface area contributed by atoms with Crippen LogP contribution in [0.15, 0.2) is 30.3 Å². The van der Waals surface area contributed by atoms with Crippen molar-refractivity contribution in [2.75, 3.05) is 6.54 Å². The van der Waals surface area contributed by atoms with Crippen LogP contribution in [0.4, 0.5) is 0 Å². The molecule has 1 saturated heterocycles. The molecule has 4 nitrogen and oxygen atoms in total. The summed E-state index contributed by atoms with van der Waals surface area (Å²) < 4.78 is 0. The third-order valence-electron chi connectivity index (χ3n) is 6.46. The third kappa shape index (κ3) is 4.91. The Labute approximate surface area is 162 Å². The number of nitrogens with zero attached hydrogens (tertiary/aromatic N) is 1. The predicted octanol–water partition coefficient (Wildman–Crippen LogP) is 3.71. The highest BCUT2D eigenvalue weighted by atomic mass is 16.4. The lowest BCUT2D eigenvalue weighted by molar-refractivity contribution is -0.146. The summed E-state index contributed by atoms with van der Waals surface area (Å²) in [4.78, 5) is 13.1. The number of aliphatic hydroxyl groups excluding tert-OH is 1. The van der Waals surface area contributed by atoms with Gasteiger partial charge in [0.25, 0.3) is 0 Å². The Morgan fingerprint density at radius 1 is 1.26 bits per heavy atom. The summed E-state index contributed by atoms with van der Waals surface area (Å²) in [6, 6.07) is 10.0. The molecule has 1 aromatic carbocycles. The molecule has 2 N–H and O–H groups in total. The molecule has 4 heteroatoms. The van der Waals surface area contributed by atoms with Crippen LogP contribution in [0.25, 0.3) is 0 Å². The molecule has 0 amide bonds. The maximum Gasteiger partial charge on any atom is 0.337 e. The van der Waals surface area contributed by atoms with E-state index in [1.807, 2.05) is 6.92 Å². The molecule has 3 aliphatic rings. The highest BCUT2D eigenvalue weighted by Gasteiger charge is 2.52. The predicted molar refractivity (Wildman–Crippen MR) is 106 cm³/mol. The lowest BCUT2D eigenvalue weighted by atomic mass is 10.0. The Morgan fingerprint density at radius 3 is 2.59 bits per heavy atom. The number of likely N-dealkylation sites (tertiary alicyclic amines) is 1. The third-order valence-corrected chi connectivity index (χ3v) is 6.46. The number of piperidine rings is 1. The summed E-state index contributed by atoms with van der Waals surface area (Å²) in [5, 5.41) is 17.4. The molecule has 4 rings (SSSR count). The van der Waals surface area contributed by atoms with E-state index in [0.717, 1.165) is 36.3 Å². The summed E-state index contributed by atoms with van der Waals surface area (Å²) in [7, 11) is 0. The minimum atomic E-state index is -1.41. The van der Waals surface area contributed by atoms with Crippen molar-refractivity contribution < 1.29 is 15.0 Å². The van der Waals surface area contributed by atoms with Gasteiger partial charge in [0.05, 0.1) is 0 Å². The minimum absolute atomic E-state index is 0.403. The summed E-state index contributed by atoms with van der Waals surface area (Å²) >= 11 is 0. The maximum absolute atomic E-state index is 10.2. The number of carbonyl (C=O) groups is 1. The molecule has 1 heterocycles. The van der Waals surface area contributed by atoms with Gasteiger partial charge < -0.3 is 10.2 Å². The highest BCUT2D eigenvalue weighted by molar-refractivity contribution is 5.73. The van der Waals surface area contributed by atoms with Crippen molar-refractivity contribution in [3.8, 4) is 11.8 Å². The number of aliphatic hydroxyl groups is 1. The van der Waals surface area contributed by atoms with Crippen molar-refractivity contribution >= 4 is 5.97 Å². The van der Waals surface area contributed by atoms with Crippen LogP contribution in [0.3, 0.4) is 0 Å². The van der Waals surface area contributed by atoms with Gasteiger partial charge in [0.1, 0.15) is 0 Å². The number of rotatable bonds is 4. The number of hydrogen-bond donors (Lipinski definition) is 2. The van der Waals surface area contributed by atoms with Crippen molar-refractivity contribution in [1.82, 2.24) is 4.90 Å². The Bertz CT molecular complexity index is 693. The maximum atomic E-state index is 10.2. The van der Waals surface area contributed by atoms with Crippen molar-refractivity contribution in [2.45, 2.75) is 64.1 Å². The van der Waals surface area contributed by atoms with Crippen molar-refractivity contribution in [3.05, 3.63) is 35.9 Å². The molecule has 0 spiro atoms. The first-order chi connectivity index (χ1) is 13.0. The van der Waals surface area contributed by atoms with Crippen LogP contribution in [0.2, 0.25) is 0 Å². The zero-order valence-electron chi connectivity index (χ0n) is 16.3. The fourth-order valence-electron chi connectivity index (χ4n) is 4.80. The average Bonchev–Trinajstić information content (AvgIpc) is 3.17. The Kier molecular flexibility index (Phi) is 6.57. The lowest BCUT2D eigenvalue weighted by Crippen LogP contribution is -2.38. The van der Waals surface area contributed by atoms with Crippen LogP contribution >= 0.6 is 0 Å². The van der Waals surface area contributed by atoms with Gasteiger partial charge in [-0.3, -0.25) is 4.90 Å². The van der Waals surface area contributed by atoms with Crippen LogP contribution < -0.4 is 0 Å². The Balaban J connectivity index is 0.000000168. The zero-order chi connectivity index (χ0) is 19.4. The van der Waals surface area contributed by atoms with E-state index in [-0.39, 0.29) is 0 Å². The first-order valence-corrected chi connectivity index (χ1v) is 10.1. The zero-order valence-corrected chi connectivity index (χ0v) is 16.3. The van der Waals surface area contributed by atoms with Gasteiger partial charge in [0.2, 0.25) is 0 Å². The van der Waals surface area contributed by atoms with Crippen LogP contribution in [0.1, 0.15) is 57.6 Å². The van der Waals surface area contributed by atoms with Gasteiger partial charge in [-0.15, -0.1) is 11.8 Å². The second kappa shape index (κ2) is 8.91. The van der Waals surface area contributed by atoms with Gasteiger partial charge in [-0.2, -0.15) is 0 Å². The highest BCUT2D eigenvalue weighted by Crippen LogP contribution is 2.51. The molecule has 0 bridgehead atoms. The van der Waals surface area contributed by atoms with Gasteiger partial charge in [0, 0.05) is 25.0 Å². The summed E-state index contributed by atoms with van der Waals surface area (Å²) in [5.74, 6) is 8.10. The van der Waals surface area contributed by atoms with Gasteiger partial charge in [-0.05, 0) is 62.8 Å². The number of benzene rings is 1. The molecular weight excluding hydrogens is 338 g/mol. The molecule has 0 radical (unpaired) electrons. The molecule has 2 aliphatic carbocycles. The first kappa shape index (κ1) is 19.9. The van der Waals surface area contributed by atoms with E-state index in [1.165, 1.54) is 32.2 Å². The number of carboxylic acids is 1. The van der Waals surface area contributed by atoms with Crippen LogP contribution in [0, 0.1) is 29.6 Å². The molecule has 1 aliphatic heterocycles. The SMILES string of the molecule is CC#CCC1CCC(N2C[C@@H]3C[C@@H]3C2C)C1.O=C(O)C(O)c1ccccc1. The smallest absolute Gasteiger partial charge is 0.337 e. The first-order valence-electron chi connectivity index (χ1n) is 10.1. The minimum Gasteiger partial charge on any atom is -0.479 e. The second-order valence-electron chi connectivity index (χ2n) is 8.21. The molecule has 0 aromatic heterocycles. The number of aliphatic carboxylic acids is 1. The average molecular weight is 370 g/mol. The standard InChI is InChI=1S/C15H23N.C8H8O3/c1-3-4-5-12-6-7-14(8-12)16-10-13-9-15(13)11(16)2;9-7(8(10)11)6-4-2-1-3-5-6/h11-15H,5-10H2,1-2H3;1-5,7,9H,(H,10,11)/t11?,12?,13-,14?,15+;/m0./s1. The number of hydrogen-bond acceptors (Lipinski definition) is 3. The van der Waals surface area contributed by atoms with Gasteiger partial charge >= 0.3 is 5.97 Å². The van der Waals surface area contributed by atoms with E-state index >= 15 is 0 Å². The molecule has 2 saturated carbocycles.